The number of benzene rings is 1. The molecule has 1 atom stereocenters. The number of nitrogens with zero attached hydrogens (tertiary/aromatic N) is 2. The number of hydrogen-bond acceptors (Lipinski definition) is 3. The molecule has 1 amide bonds. The van der Waals surface area contributed by atoms with Crippen LogP contribution in [0.5, 0.6) is 0 Å². The van der Waals surface area contributed by atoms with Crippen LogP contribution < -0.4 is 5.32 Å². The summed E-state index contributed by atoms with van der Waals surface area (Å²) in [4.78, 5) is 14.4. The van der Waals surface area contributed by atoms with Crippen LogP contribution in [0.2, 0.25) is 0 Å². The molecule has 0 aliphatic carbocycles. The molecule has 5 heteroatoms. The van der Waals surface area contributed by atoms with Gasteiger partial charge >= 0.3 is 0 Å². The van der Waals surface area contributed by atoms with E-state index in [0.717, 1.165) is 40.2 Å². The summed E-state index contributed by atoms with van der Waals surface area (Å²) >= 11 is 1.53. The first-order chi connectivity index (χ1) is 12.4. The van der Waals surface area contributed by atoms with Crippen LogP contribution in [-0.2, 0) is 6.54 Å². The molecule has 2 aromatic heterocycles. The molecule has 0 aliphatic heterocycles. The zero-order valence-corrected chi connectivity index (χ0v) is 16.8. The van der Waals surface area contributed by atoms with Gasteiger partial charge in [0.25, 0.3) is 5.91 Å². The maximum atomic E-state index is 12.6. The Hall–Kier alpha value is -2.14. The normalized spacial score (nSPS) is 12.7. The van der Waals surface area contributed by atoms with Gasteiger partial charge in [0.1, 0.15) is 4.83 Å². The van der Waals surface area contributed by atoms with E-state index < -0.39 is 0 Å². The first-order valence-electron chi connectivity index (χ1n) is 9.25. The molecule has 0 aliphatic rings. The Kier molecular flexibility index (Phi) is 5.77. The highest BCUT2D eigenvalue weighted by molar-refractivity contribution is 7.20. The average molecular weight is 370 g/mol. The molecule has 2 heterocycles. The van der Waals surface area contributed by atoms with E-state index in [1.165, 1.54) is 16.9 Å². The van der Waals surface area contributed by atoms with Crippen LogP contribution in [0.25, 0.3) is 10.2 Å². The maximum Gasteiger partial charge on any atom is 0.261 e. The molecule has 3 rings (SSSR count). The van der Waals surface area contributed by atoms with E-state index in [-0.39, 0.29) is 11.9 Å². The van der Waals surface area contributed by atoms with Gasteiger partial charge in [-0.15, -0.1) is 11.3 Å². The van der Waals surface area contributed by atoms with Gasteiger partial charge in [-0.3, -0.25) is 9.48 Å². The number of nitrogens with one attached hydrogen (secondary N) is 1. The lowest BCUT2D eigenvalue weighted by atomic mass is 10.0. The summed E-state index contributed by atoms with van der Waals surface area (Å²) < 4.78 is 2.00. The lowest BCUT2D eigenvalue weighted by molar-refractivity contribution is 0.0941. The molecule has 1 aromatic carbocycles. The van der Waals surface area contributed by atoms with Crippen molar-refractivity contribution < 1.29 is 4.79 Å². The fraction of sp³-hybridized carbons (Fsp3) is 0.429. The topological polar surface area (TPSA) is 46.9 Å². The number of fused-ring (bicyclic) bond motifs is 1. The second kappa shape index (κ2) is 8.04. The molecule has 0 bridgehead atoms. The summed E-state index contributed by atoms with van der Waals surface area (Å²) in [7, 11) is 0. The third-order valence-corrected chi connectivity index (χ3v) is 5.71. The predicted molar refractivity (Wildman–Crippen MR) is 109 cm³/mol. The Morgan fingerprint density at radius 2 is 1.92 bits per heavy atom. The second-order valence-corrected chi connectivity index (χ2v) is 8.43. The lowest BCUT2D eigenvalue weighted by Crippen LogP contribution is -2.32. The number of rotatable bonds is 7. The van der Waals surface area contributed by atoms with Gasteiger partial charge in [-0.2, -0.15) is 5.10 Å². The summed E-state index contributed by atoms with van der Waals surface area (Å²) in [5.41, 5.74) is 2.18. The minimum atomic E-state index is 0.0214. The molecule has 0 saturated heterocycles. The van der Waals surface area contributed by atoms with Crippen LogP contribution in [0, 0.1) is 12.8 Å². The quantitative estimate of drug-likeness (QED) is 0.636. The van der Waals surface area contributed by atoms with Crippen molar-refractivity contribution in [2.24, 2.45) is 5.92 Å². The van der Waals surface area contributed by atoms with E-state index in [0.29, 0.717) is 5.92 Å². The fourth-order valence-electron chi connectivity index (χ4n) is 3.04. The third-order valence-electron chi connectivity index (χ3n) is 4.56. The molecule has 138 valence electrons. The van der Waals surface area contributed by atoms with Crippen molar-refractivity contribution in [2.45, 2.75) is 53.1 Å². The summed E-state index contributed by atoms with van der Waals surface area (Å²) in [6, 6.07) is 12.5. The zero-order chi connectivity index (χ0) is 18.7. The number of aryl methyl sites for hydroxylation is 1. The molecule has 0 saturated carbocycles. The number of thiophene rings is 1. The summed E-state index contributed by atoms with van der Waals surface area (Å²) in [5.74, 6) is 0.679. The monoisotopic (exact) mass is 369 g/mol. The first kappa shape index (κ1) is 18.6. The number of hydrogen-bond donors (Lipinski definition) is 1. The highest BCUT2D eigenvalue weighted by Gasteiger charge is 2.17. The fourth-order valence-corrected chi connectivity index (χ4v) is 4.10. The SMILES string of the molecule is Cc1nn(Cc2ccccc2)c2sc(C(=O)NC(C)CCC(C)C)cc12. The molecule has 0 spiro atoms. The summed E-state index contributed by atoms with van der Waals surface area (Å²) in [5, 5.41) is 8.86. The first-order valence-corrected chi connectivity index (χ1v) is 10.1. The minimum absolute atomic E-state index is 0.0214. The predicted octanol–water partition coefficient (Wildman–Crippen LogP) is 5.01. The largest absolute Gasteiger partial charge is 0.349 e. The number of amides is 1. The van der Waals surface area contributed by atoms with Crippen LogP contribution in [0.15, 0.2) is 36.4 Å². The van der Waals surface area contributed by atoms with Crippen molar-refractivity contribution in [3.8, 4) is 0 Å². The van der Waals surface area contributed by atoms with Crippen molar-refractivity contribution in [1.29, 1.82) is 0 Å². The molecular formula is C21H27N3OS. The van der Waals surface area contributed by atoms with E-state index in [4.69, 9.17) is 0 Å². The number of carbonyl (C=O) groups excluding carboxylic acids is 1. The lowest BCUT2D eigenvalue weighted by Gasteiger charge is -2.14. The van der Waals surface area contributed by atoms with Crippen LogP contribution in [0.1, 0.15) is 54.5 Å². The highest BCUT2D eigenvalue weighted by atomic mass is 32.1. The van der Waals surface area contributed by atoms with Crippen molar-refractivity contribution in [3.05, 3.63) is 52.5 Å². The van der Waals surface area contributed by atoms with E-state index in [2.05, 4.69) is 43.3 Å². The van der Waals surface area contributed by atoms with Crippen LogP contribution in [-0.4, -0.2) is 21.7 Å². The average Bonchev–Trinajstić information content (AvgIpc) is 3.16. The van der Waals surface area contributed by atoms with Crippen molar-refractivity contribution in [1.82, 2.24) is 15.1 Å². The Labute approximate surface area is 159 Å². The molecule has 1 unspecified atom stereocenters. The number of carbonyl (C=O) groups is 1. The molecule has 4 nitrogen and oxygen atoms in total. The van der Waals surface area contributed by atoms with E-state index >= 15 is 0 Å². The van der Waals surface area contributed by atoms with Crippen molar-refractivity contribution >= 4 is 27.5 Å². The van der Waals surface area contributed by atoms with E-state index in [9.17, 15) is 4.79 Å². The molecule has 26 heavy (non-hydrogen) atoms. The van der Waals surface area contributed by atoms with Gasteiger partial charge in [-0.05, 0) is 44.2 Å². The van der Waals surface area contributed by atoms with Gasteiger partial charge in [0, 0.05) is 11.4 Å². The second-order valence-electron chi connectivity index (χ2n) is 7.40. The van der Waals surface area contributed by atoms with Crippen molar-refractivity contribution in [3.63, 3.8) is 0 Å². The van der Waals surface area contributed by atoms with Gasteiger partial charge < -0.3 is 5.32 Å². The van der Waals surface area contributed by atoms with Crippen LogP contribution in [0.4, 0.5) is 0 Å². The Balaban J connectivity index is 1.76. The van der Waals surface area contributed by atoms with E-state index in [1.807, 2.05) is 35.9 Å². The Bertz CT molecular complexity index is 879. The zero-order valence-electron chi connectivity index (χ0n) is 16.0. The van der Waals surface area contributed by atoms with Gasteiger partial charge in [0.15, 0.2) is 0 Å². The standard InChI is InChI=1S/C21H27N3OS/c1-14(2)10-11-15(3)22-20(25)19-12-18-16(4)23-24(21(18)26-19)13-17-8-6-5-7-9-17/h5-9,12,14-15H,10-11,13H2,1-4H3,(H,22,25). The molecule has 1 N–H and O–H groups in total. The van der Waals surface area contributed by atoms with Crippen LogP contribution >= 0.6 is 11.3 Å². The van der Waals surface area contributed by atoms with Crippen LogP contribution in [0.3, 0.4) is 0 Å². The van der Waals surface area contributed by atoms with Crippen molar-refractivity contribution in [2.75, 3.05) is 0 Å². The van der Waals surface area contributed by atoms with Gasteiger partial charge in [-0.1, -0.05) is 44.2 Å². The third kappa shape index (κ3) is 4.33. The van der Waals surface area contributed by atoms with Gasteiger partial charge in [-0.25, -0.2) is 0 Å². The summed E-state index contributed by atoms with van der Waals surface area (Å²) in [6.45, 7) is 9.22. The van der Waals surface area contributed by atoms with E-state index in [1.54, 1.807) is 0 Å². The number of aromatic nitrogens is 2. The Morgan fingerprint density at radius 1 is 1.19 bits per heavy atom. The smallest absolute Gasteiger partial charge is 0.261 e. The summed E-state index contributed by atoms with van der Waals surface area (Å²) in [6.07, 6.45) is 2.13. The van der Waals surface area contributed by atoms with Gasteiger partial charge in [0.05, 0.1) is 17.1 Å². The molecular weight excluding hydrogens is 342 g/mol. The minimum Gasteiger partial charge on any atom is -0.349 e. The van der Waals surface area contributed by atoms with Gasteiger partial charge in [0.2, 0.25) is 0 Å². The Morgan fingerprint density at radius 3 is 2.62 bits per heavy atom. The molecule has 0 radical (unpaired) electrons. The highest BCUT2D eigenvalue weighted by Crippen LogP contribution is 2.29. The molecule has 0 fully saturated rings. The maximum absolute atomic E-state index is 12.6. The molecule has 3 aromatic rings.